The number of nitrogens with one attached hydrogen (secondary N) is 1. The molecule has 9 heteroatoms. The van der Waals surface area contributed by atoms with Crippen LogP contribution in [-0.2, 0) is 9.47 Å². The fourth-order valence-corrected chi connectivity index (χ4v) is 3.61. The predicted molar refractivity (Wildman–Crippen MR) is 177 cm³/mol. The van der Waals surface area contributed by atoms with Gasteiger partial charge >= 0.3 is 11.9 Å². The highest BCUT2D eigenvalue weighted by atomic mass is 16.6. The van der Waals surface area contributed by atoms with Crippen molar-refractivity contribution in [3.8, 4) is 0 Å². The highest BCUT2D eigenvalue weighted by Gasteiger charge is 2.18. The van der Waals surface area contributed by atoms with Gasteiger partial charge in [-0.05, 0) is 118 Å². The van der Waals surface area contributed by atoms with E-state index in [0.29, 0.717) is 23.2 Å². The molecule has 0 aliphatic rings. The minimum Gasteiger partial charge on any atom is -0.478 e. The molecule has 0 bridgehead atoms. The number of ether oxygens (including phenoxy) is 2. The van der Waals surface area contributed by atoms with Crippen LogP contribution in [0.3, 0.4) is 0 Å². The molecule has 2 heterocycles. The maximum absolute atomic E-state index is 11.9. The van der Waals surface area contributed by atoms with E-state index in [2.05, 4.69) is 34.1 Å². The van der Waals surface area contributed by atoms with Crippen LogP contribution in [-0.4, -0.2) is 56.3 Å². The van der Waals surface area contributed by atoms with Gasteiger partial charge in [0.2, 0.25) is 0 Å². The smallest absolute Gasteiger partial charge is 0.338 e. The molecule has 0 fully saturated rings. The van der Waals surface area contributed by atoms with Gasteiger partial charge in [0.25, 0.3) is 6.02 Å². The van der Waals surface area contributed by atoms with Crippen LogP contribution in [0.5, 0.6) is 0 Å². The predicted octanol–water partition coefficient (Wildman–Crippen LogP) is 7.69. The van der Waals surface area contributed by atoms with Crippen LogP contribution in [0.25, 0.3) is 21.8 Å². The number of hydrogen-bond acceptors (Lipinski definition) is 7. The molecule has 9 nitrogen and oxygen atoms in total. The number of aromatic carboxylic acids is 1. The summed E-state index contributed by atoms with van der Waals surface area (Å²) < 4.78 is 11.0. The van der Waals surface area contributed by atoms with E-state index in [9.17, 15) is 9.59 Å². The molecule has 0 unspecified atom stereocenters. The van der Waals surface area contributed by atoms with Crippen molar-refractivity contribution in [2.45, 2.75) is 92.5 Å². The van der Waals surface area contributed by atoms with Crippen molar-refractivity contribution < 1.29 is 24.2 Å². The molecule has 0 saturated heterocycles. The summed E-state index contributed by atoms with van der Waals surface area (Å²) in [5.74, 6) is -1.21. The molecular weight excluding hydrogens is 556 g/mol. The van der Waals surface area contributed by atoms with Crippen LogP contribution in [0, 0.1) is 0 Å². The van der Waals surface area contributed by atoms with Crippen molar-refractivity contribution in [1.29, 1.82) is 0 Å². The van der Waals surface area contributed by atoms with Crippen molar-refractivity contribution in [3.05, 3.63) is 84.2 Å². The van der Waals surface area contributed by atoms with Crippen LogP contribution in [0.2, 0.25) is 0 Å². The van der Waals surface area contributed by atoms with Gasteiger partial charge in [0.15, 0.2) is 0 Å². The lowest BCUT2D eigenvalue weighted by molar-refractivity contribution is 0.00694. The van der Waals surface area contributed by atoms with E-state index in [1.54, 1.807) is 48.8 Å². The van der Waals surface area contributed by atoms with Crippen LogP contribution in [0.4, 0.5) is 0 Å². The summed E-state index contributed by atoms with van der Waals surface area (Å²) in [4.78, 5) is 35.2. The van der Waals surface area contributed by atoms with E-state index < -0.39 is 11.6 Å². The maximum atomic E-state index is 11.9. The molecule has 2 N–H and O–H groups in total. The standard InChI is InChI=1S/C14H15NO2.C11H24N2O.C10H7NO2/c1-14(2,3)17-13(16)11-6-7-12-10(9-11)5-4-8-15-12;1-8(2)12-10(13-9(3)4)14-11(5,6)7;12-10(13)8-3-4-9-7(6-8)2-1-5-11-9/h4-9H,1-3H3;8-9H,1-7H3,(H,12,13);1-6H,(H,12,13). The van der Waals surface area contributed by atoms with E-state index in [1.165, 1.54) is 0 Å². The number of benzene rings is 2. The molecule has 0 radical (unpaired) electrons. The number of carbonyl (C=O) groups is 2. The molecular formula is C35H46N4O5. The lowest BCUT2D eigenvalue weighted by atomic mass is 10.1. The number of aromatic nitrogens is 2. The number of rotatable bonds is 4. The lowest BCUT2D eigenvalue weighted by Gasteiger charge is -2.24. The SMILES string of the molecule is CC(C)(C)OC(=O)c1ccc2ncccc2c1.CC(C)N=C(NC(C)C)OC(C)(C)C.O=C(O)c1ccc2ncccc2c1. The number of pyridine rings is 2. The molecule has 44 heavy (non-hydrogen) atoms. The number of carboxylic acids is 1. The highest BCUT2D eigenvalue weighted by Crippen LogP contribution is 2.17. The zero-order valence-corrected chi connectivity index (χ0v) is 27.5. The van der Waals surface area contributed by atoms with Crippen LogP contribution in [0.1, 0.15) is 90.0 Å². The van der Waals surface area contributed by atoms with Crippen molar-refractivity contribution in [1.82, 2.24) is 15.3 Å². The van der Waals surface area contributed by atoms with E-state index in [-0.39, 0.29) is 17.6 Å². The second-order valence-electron chi connectivity index (χ2n) is 12.7. The summed E-state index contributed by atoms with van der Waals surface area (Å²) in [6.45, 7) is 19.8. The zero-order valence-electron chi connectivity index (χ0n) is 27.5. The summed E-state index contributed by atoms with van der Waals surface area (Å²) in [5.41, 5.74) is 1.87. The third kappa shape index (κ3) is 13.2. The maximum Gasteiger partial charge on any atom is 0.338 e. The van der Waals surface area contributed by atoms with Gasteiger partial charge in [0.1, 0.15) is 11.2 Å². The first-order chi connectivity index (χ1) is 20.4. The number of carbonyl (C=O) groups excluding carboxylic acids is 1. The van der Waals surface area contributed by atoms with Gasteiger partial charge in [-0.2, -0.15) is 0 Å². The number of aliphatic imine (C=N–C) groups is 1. The van der Waals surface area contributed by atoms with Crippen LogP contribution >= 0.6 is 0 Å². The minimum atomic E-state index is -0.911. The van der Waals surface area contributed by atoms with E-state index in [0.717, 1.165) is 21.8 Å². The summed E-state index contributed by atoms with van der Waals surface area (Å²) in [5, 5.41) is 13.7. The number of esters is 1. The molecule has 0 aliphatic heterocycles. The molecule has 0 aliphatic carbocycles. The van der Waals surface area contributed by atoms with Gasteiger partial charge in [-0.25, -0.2) is 14.6 Å². The Kier molecular flexibility index (Phi) is 12.8. The molecule has 4 rings (SSSR count). The van der Waals surface area contributed by atoms with Gasteiger partial charge < -0.3 is 19.9 Å². The van der Waals surface area contributed by atoms with Crippen LogP contribution < -0.4 is 5.32 Å². The third-order valence-electron chi connectivity index (χ3n) is 5.28. The second-order valence-corrected chi connectivity index (χ2v) is 12.7. The Labute approximate surface area is 260 Å². The van der Waals surface area contributed by atoms with Crippen molar-refractivity contribution in [2.24, 2.45) is 4.99 Å². The van der Waals surface area contributed by atoms with Crippen LogP contribution in [0.15, 0.2) is 78.0 Å². The Hall–Kier alpha value is -4.53. The van der Waals surface area contributed by atoms with E-state index in [1.807, 2.05) is 79.7 Å². The van der Waals surface area contributed by atoms with Crippen molar-refractivity contribution in [3.63, 3.8) is 0 Å². The third-order valence-corrected chi connectivity index (χ3v) is 5.28. The first-order valence-corrected chi connectivity index (χ1v) is 14.6. The molecule has 2 aromatic heterocycles. The Morgan fingerprint density at radius 2 is 1.23 bits per heavy atom. The first-order valence-electron chi connectivity index (χ1n) is 14.6. The molecule has 236 valence electrons. The zero-order chi connectivity index (χ0) is 33.1. The molecule has 0 atom stereocenters. The second kappa shape index (κ2) is 15.8. The Bertz CT molecular complexity index is 1570. The Balaban J connectivity index is 0.000000233. The molecule has 2 aromatic carbocycles. The molecule has 0 amide bonds. The molecule has 0 spiro atoms. The lowest BCUT2D eigenvalue weighted by Crippen LogP contribution is -2.38. The van der Waals surface area contributed by atoms with Gasteiger partial charge in [0.05, 0.1) is 22.2 Å². The van der Waals surface area contributed by atoms with E-state index in [4.69, 9.17) is 14.6 Å². The average molecular weight is 603 g/mol. The summed E-state index contributed by atoms with van der Waals surface area (Å²) in [6, 6.07) is 18.9. The average Bonchev–Trinajstić information content (AvgIpc) is 2.90. The number of fused-ring (bicyclic) bond motifs is 2. The van der Waals surface area contributed by atoms with Crippen molar-refractivity contribution >= 4 is 39.8 Å². The fraction of sp³-hybridized carbons (Fsp3) is 0.400. The van der Waals surface area contributed by atoms with Crippen molar-refractivity contribution in [2.75, 3.05) is 0 Å². The van der Waals surface area contributed by atoms with Gasteiger partial charge in [-0.3, -0.25) is 9.97 Å². The monoisotopic (exact) mass is 602 g/mol. The molecule has 0 saturated carbocycles. The Morgan fingerprint density at radius 1 is 0.750 bits per heavy atom. The van der Waals surface area contributed by atoms with E-state index >= 15 is 0 Å². The topological polar surface area (TPSA) is 123 Å². The van der Waals surface area contributed by atoms with Gasteiger partial charge in [0, 0.05) is 35.2 Å². The first kappa shape index (κ1) is 35.7. The largest absolute Gasteiger partial charge is 0.478 e. The number of amidine groups is 1. The number of hydrogen-bond donors (Lipinski definition) is 2. The number of nitrogens with zero attached hydrogens (tertiary/aromatic N) is 3. The Morgan fingerprint density at radius 3 is 1.66 bits per heavy atom. The summed E-state index contributed by atoms with van der Waals surface area (Å²) in [7, 11) is 0. The van der Waals surface area contributed by atoms with Gasteiger partial charge in [-0.1, -0.05) is 12.1 Å². The molecule has 4 aromatic rings. The fourth-order valence-electron chi connectivity index (χ4n) is 3.61. The minimum absolute atomic E-state index is 0.199. The number of carboxylic acid groups (broad SMARTS) is 1. The summed E-state index contributed by atoms with van der Waals surface area (Å²) in [6.07, 6.45) is 3.41. The van der Waals surface area contributed by atoms with Gasteiger partial charge in [-0.15, -0.1) is 0 Å². The summed E-state index contributed by atoms with van der Waals surface area (Å²) >= 11 is 0. The highest BCUT2D eigenvalue weighted by molar-refractivity contribution is 5.94. The quantitative estimate of drug-likeness (QED) is 0.138. The normalized spacial score (nSPS) is 11.8.